The average Bonchev–Trinajstić information content (AvgIpc) is 3.21. The maximum absolute atomic E-state index is 12.9. The molecule has 3 aromatic rings. The molecule has 3 rings (SSSR count). The quantitative estimate of drug-likeness (QED) is 0.559. The molecule has 0 saturated carbocycles. The summed E-state index contributed by atoms with van der Waals surface area (Å²) >= 11 is 3.27. The third kappa shape index (κ3) is 5.12. The largest absolute Gasteiger partial charge is 0.451 e. The Balaban J connectivity index is 1.80. The third-order valence-corrected chi connectivity index (χ3v) is 6.39. The van der Waals surface area contributed by atoms with Crippen LogP contribution < -0.4 is 5.32 Å². The number of aromatic nitrogens is 1. The number of benzene rings is 1. The van der Waals surface area contributed by atoms with Crippen LogP contribution in [0.2, 0.25) is 0 Å². The zero-order chi connectivity index (χ0) is 19.4. The molecule has 0 radical (unpaired) electrons. The van der Waals surface area contributed by atoms with Crippen molar-refractivity contribution >= 4 is 40.0 Å². The number of hydrogen-bond donors (Lipinski definition) is 1. The van der Waals surface area contributed by atoms with E-state index in [9.17, 15) is 4.79 Å². The van der Waals surface area contributed by atoms with Crippen molar-refractivity contribution in [3.63, 3.8) is 0 Å². The fourth-order valence-electron chi connectivity index (χ4n) is 2.77. The highest BCUT2D eigenvalue weighted by molar-refractivity contribution is 8.00. The van der Waals surface area contributed by atoms with E-state index in [4.69, 9.17) is 4.42 Å². The molecule has 0 aliphatic carbocycles. The van der Waals surface area contributed by atoms with Gasteiger partial charge in [-0.3, -0.25) is 4.79 Å². The highest BCUT2D eigenvalue weighted by Gasteiger charge is 2.22. The number of nitrogens with one attached hydrogen (secondary N) is 1. The second-order valence-electron chi connectivity index (χ2n) is 6.92. The van der Waals surface area contributed by atoms with Crippen LogP contribution in [0.1, 0.15) is 35.2 Å². The molecular formula is C20H25N3O2S2. The van der Waals surface area contributed by atoms with Crippen LogP contribution >= 0.6 is 23.1 Å². The Hall–Kier alpha value is -1.83. The smallest absolute Gasteiger partial charge is 0.287 e. The van der Waals surface area contributed by atoms with Crippen LogP contribution in [0, 0.1) is 6.92 Å². The van der Waals surface area contributed by atoms with Gasteiger partial charge in [-0.05, 0) is 47.0 Å². The first-order chi connectivity index (χ1) is 12.9. The van der Waals surface area contributed by atoms with Crippen LogP contribution in [0.15, 0.2) is 38.4 Å². The van der Waals surface area contributed by atoms with E-state index in [1.807, 2.05) is 57.6 Å². The molecule has 5 nitrogen and oxygen atoms in total. The minimum Gasteiger partial charge on any atom is -0.451 e. The van der Waals surface area contributed by atoms with Crippen LogP contribution in [0.5, 0.6) is 0 Å². The number of thioether (sulfide) groups is 1. The van der Waals surface area contributed by atoms with E-state index < -0.39 is 0 Å². The molecule has 27 heavy (non-hydrogen) atoms. The normalized spacial score (nSPS) is 12.6. The Morgan fingerprint density at radius 2 is 2.15 bits per heavy atom. The highest BCUT2D eigenvalue weighted by Crippen LogP contribution is 2.33. The first-order valence-corrected chi connectivity index (χ1v) is 10.8. The van der Waals surface area contributed by atoms with Crippen LogP contribution in [-0.4, -0.2) is 42.5 Å². The molecule has 0 aliphatic rings. The molecule has 1 N–H and O–H groups in total. The van der Waals surface area contributed by atoms with E-state index in [1.165, 1.54) is 0 Å². The van der Waals surface area contributed by atoms with E-state index in [2.05, 4.69) is 15.2 Å². The highest BCUT2D eigenvalue weighted by atomic mass is 32.2. The van der Waals surface area contributed by atoms with Crippen molar-refractivity contribution in [1.82, 2.24) is 15.2 Å². The third-order valence-electron chi connectivity index (χ3n) is 4.23. The molecule has 0 saturated heterocycles. The number of nitrogens with zero attached hydrogens (tertiary/aromatic N) is 2. The summed E-state index contributed by atoms with van der Waals surface area (Å²) in [5, 5.41) is 6.10. The van der Waals surface area contributed by atoms with Crippen molar-refractivity contribution in [3.05, 3.63) is 46.7 Å². The van der Waals surface area contributed by atoms with Gasteiger partial charge in [0.2, 0.25) is 0 Å². The monoisotopic (exact) mass is 403 g/mol. The predicted octanol–water partition coefficient (Wildman–Crippen LogP) is 4.56. The first-order valence-electron chi connectivity index (χ1n) is 8.95. The van der Waals surface area contributed by atoms with Gasteiger partial charge >= 0.3 is 0 Å². The molecule has 0 fully saturated rings. The van der Waals surface area contributed by atoms with Crippen molar-refractivity contribution in [2.24, 2.45) is 0 Å². The molecule has 0 bridgehead atoms. The predicted molar refractivity (Wildman–Crippen MR) is 113 cm³/mol. The lowest BCUT2D eigenvalue weighted by atomic mass is 10.1. The summed E-state index contributed by atoms with van der Waals surface area (Å²) in [7, 11) is 4.06. The number of rotatable bonds is 8. The van der Waals surface area contributed by atoms with Gasteiger partial charge in [-0.25, -0.2) is 4.98 Å². The maximum atomic E-state index is 12.9. The van der Waals surface area contributed by atoms with Gasteiger partial charge < -0.3 is 14.6 Å². The maximum Gasteiger partial charge on any atom is 0.287 e. The Bertz CT molecular complexity index is 917. The Morgan fingerprint density at radius 1 is 1.37 bits per heavy atom. The molecule has 7 heteroatoms. The molecule has 1 aromatic carbocycles. The van der Waals surface area contributed by atoms with Gasteiger partial charge in [-0.2, -0.15) is 0 Å². The zero-order valence-electron chi connectivity index (χ0n) is 16.1. The molecule has 2 aromatic heterocycles. The van der Waals surface area contributed by atoms with Crippen molar-refractivity contribution in [3.8, 4) is 0 Å². The van der Waals surface area contributed by atoms with Crippen LogP contribution in [-0.2, 0) is 5.75 Å². The fourth-order valence-corrected chi connectivity index (χ4v) is 4.65. The van der Waals surface area contributed by atoms with Gasteiger partial charge in [0.05, 0.1) is 0 Å². The number of aryl methyl sites for hydroxylation is 1. The second kappa shape index (κ2) is 8.91. The van der Waals surface area contributed by atoms with Gasteiger partial charge in [-0.15, -0.1) is 11.3 Å². The number of para-hydroxylation sites is 1. The number of carbonyl (C=O) groups excluding carboxylic acids is 1. The van der Waals surface area contributed by atoms with E-state index in [1.54, 1.807) is 23.1 Å². The summed E-state index contributed by atoms with van der Waals surface area (Å²) in [4.78, 5) is 19.5. The summed E-state index contributed by atoms with van der Waals surface area (Å²) in [6.45, 7) is 4.94. The zero-order valence-corrected chi connectivity index (χ0v) is 17.7. The number of fused-ring (bicyclic) bond motifs is 1. The second-order valence-corrected chi connectivity index (χ2v) is 9.00. The number of hydrogen-bond acceptors (Lipinski definition) is 6. The van der Waals surface area contributed by atoms with Crippen LogP contribution in [0.4, 0.5) is 0 Å². The Labute approximate surface area is 168 Å². The van der Waals surface area contributed by atoms with Crippen molar-refractivity contribution in [2.75, 3.05) is 20.6 Å². The van der Waals surface area contributed by atoms with Gasteiger partial charge in [0.1, 0.15) is 9.92 Å². The standard InChI is InChI=1S/C20H25N3O2S2/c1-13(9-10-23(3)4)21-19(24)18-16(12-27-20-22-14(2)11-26-20)15-7-5-6-8-17(15)25-18/h5-8,11,13H,9-10,12H2,1-4H3,(H,21,24). The lowest BCUT2D eigenvalue weighted by Crippen LogP contribution is -2.35. The minimum absolute atomic E-state index is 0.0789. The number of thiazole rings is 1. The lowest BCUT2D eigenvalue weighted by Gasteiger charge is -2.16. The van der Waals surface area contributed by atoms with Gasteiger partial charge in [0.15, 0.2) is 5.76 Å². The topological polar surface area (TPSA) is 58.4 Å². The molecule has 144 valence electrons. The molecule has 0 spiro atoms. The van der Waals surface area contributed by atoms with E-state index in [0.29, 0.717) is 11.5 Å². The molecular weight excluding hydrogens is 378 g/mol. The Morgan fingerprint density at radius 3 is 2.85 bits per heavy atom. The van der Waals surface area contributed by atoms with E-state index >= 15 is 0 Å². The van der Waals surface area contributed by atoms with E-state index in [0.717, 1.165) is 39.5 Å². The van der Waals surface area contributed by atoms with Gasteiger partial charge in [0.25, 0.3) is 5.91 Å². The summed E-state index contributed by atoms with van der Waals surface area (Å²) < 4.78 is 6.93. The van der Waals surface area contributed by atoms with Crippen molar-refractivity contribution in [2.45, 2.75) is 36.4 Å². The van der Waals surface area contributed by atoms with Gasteiger partial charge in [-0.1, -0.05) is 30.0 Å². The molecule has 1 unspecified atom stereocenters. The van der Waals surface area contributed by atoms with Crippen molar-refractivity contribution in [1.29, 1.82) is 0 Å². The van der Waals surface area contributed by atoms with Crippen LogP contribution in [0.3, 0.4) is 0 Å². The lowest BCUT2D eigenvalue weighted by molar-refractivity contribution is 0.0910. The van der Waals surface area contributed by atoms with E-state index in [-0.39, 0.29) is 11.9 Å². The molecule has 2 heterocycles. The van der Waals surface area contributed by atoms with Gasteiger partial charge in [0, 0.05) is 33.8 Å². The fraction of sp³-hybridized carbons (Fsp3) is 0.400. The molecule has 1 atom stereocenters. The SMILES string of the molecule is Cc1csc(SCc2c(C(=O)NC(C)CCN(C)C)oc3ccccc23)n1. The number of furan rings is 1. The summed E-state index contributed by atoms with van der Waals surface area (Å²) in [5.41, 5.74) is 2.70. The summed E-state index contributed by atoms with van der Waals surface area (Å²) in [6, 6.07) is 7.89. The minimum atomic E-state index is -0.150. The van der Waals surface area contributed by atoms with Crippen molar-refractivity contribution < 1.29 is 9.21 Å². The average molecular weight is 404 g/mol. The molecule has 1 amide bonds. The first kappa shape index (κ1) is 19.9. The Kier molecular flexibility index (Phi) is 6.57. The summed E-state index contributed by atoms with van der Waals surface area (Å²) in [6.07, 6.45) is 0.890. The number of amides is 1. The van der Waals surface area contributed by atoms with Crippen LogP contribution in [0.25, 0.3) is 11.0 Å². The summed E-state index contributed by atoms with van der Waals surface area (Å²) in [5.74, 6) is 0.913. The molecule has 0 aliphatic heterocycles. The number of carbonyl (C=O) groups is 1.